The van der Waals surface area contributed by atoms with Gasteiger partial charge in [-0.2, -0.15) is 0 Å². The van der Waals surface area contributed by atoms with E-state index in [0.29, 0.717) is 37.0 Å². The Kier molecular flexibility index (Phi) is 9.19. The third-order valence-corrected chi connectivity index (χ3v) is 6.63. The fourth-order valence-electron chi connectivity index (χ4n) is 4.64. The molecule has 0 amide bonds. The molecule has 180 valence electrons. The Balaban J connectivity index is 2.81. The van der Waals surface area contributed by atoms with E-state index >= 15 is 0 Å². The van der Waals surface area contributed by atoms with Crippen LogP contribution in [0.4, 0.5) is 0 Å². The Hall–Kier alpha value is -3.40. The number of carbonyl (C=O) groups is 2. The van der Waals surface area contributed by atoms with Crippen molar-refractivity contribution in [1.82, 2.24) is 0 Å². The lowest BCUT2D eigenvalue weighted by atomic mass is 9.62. The average molecular weight is 461 g/mol. The smallest absolute Gasteiger partial charge is 0.196 e. The number of methoxy groups -OCH3 is 1. The highest BCUT2D eigenvalue weighted by Gasteiger charge is 2.52. The van der Waals surface area contributed by atoms with E-state index in [1.54, 1.807) is 42.5 Å². The summed E-state index contributed by atoms with van der Waals surface area (Å²) < 4.78 is 5.70. The molecule has 1 aromatic rings. The first kappa shape index (κ1) is 26.8. The summed E-state index contributed by atoms with van der Waals surface area (Å²) in [5, 5.41) is 11.1. The van der Waals surface area contributed by atoms with Crippen LogP contribution < -0.4 is 0 Å². The van der Waals surface area contributed by atoms with Crippen molar-refractivity contribution in [3.63, 3.8) is 0 Å². The van der Waals surface area contributed by atoms with Crippen LogP contribution in [0.3, 0.4) is 0 Å². The van der Waals surface area contributed by atoms with Gasteiger partial charge < -0.3 is 9.84 Å². The van der Waals surface area contributed by atoms with Gasteiger partial charge in [0, 0.05) is 11.6 Å². The van der Waals surface area contributed by atoms with Crippen molar-refractivity contribution in [2.45, 2.75) is 39.5 Å². The number of carbonyl (C=O) groups excluding carboxylic acids is 2. The summed E-state index contributed by atoms with van der Waals surface area (Å²) in [6, 6.07) is 8.64. The van der Waals surface area contributed by atoms with Crippen molar-refractivity contribution >= 4 is 17.3 Å². The third-order valence-electron chi connectivity index (χ3n) is 6.63. The van der Waals surface area contributed by atoms with Crippen LogP contribution in [0, 0.1) is 17.3 Å². The van der Waals surface area contributed by atoms with E-state index in [1.807, 2.05) is 13.8 Å². The topological polar surface area (TPSA) is 63.6 Å². The molecule has 1 aliphatic carbocycles. The van der Waals surface area contributed by atoms with Gasteiger partial charge in [-0.1, -0.05) is 66.8 Å². The number of ether oxygens (including phenoxy) is 1. The van der Waals surface area contributed by atoms with E-state index in [9.17, 15) is 14.7 Å². The molecule has 4 nitrogen and oxygen atoms in total. The van der Waals surface area contributed by atoms with Gasteiger partial charge in [-0.05, 0) is 51.4 Å². The number of allylic oxidation sites excluding steroid dienone is 7. The van der Waals surface area contributed by atoms with Gasteiger partial charge in [-0.3, -0.25) is 9.59 Å². The number of aliphatic hydroxyl groups excluding tert-OH is 1. The van der Waals surface area contributed by atoms with E-state index in [-0.39, 0.29) is 23.2 Å². The molecule has 0 bridgehead atoms. The summed E-state index contributed by atoms with van der Waals surface area (Å²) in [5.74, 6) is -1.16. The summed E-state index contributed by atoms with van der Waals surface area (Å²) in [6.07, 6.45) is 6.94. The van der Waals surface area contributed by atoms with Crippen LogP contribution >= 0.6 is 0 Å². The predicted molar refractivity (Wildman–Crippen MR) is 139 cm³/mol. The SMILES string of the molecule is C=CC[C@H](CC1(C[C@H](CC=C)C(=C)C)C(=O)/C(=C(\O)c2ccccc2)C(=O)C=C1OC)C(=C)C. The highest BCUT2D eigenvalue weighted by molar-refractivity contribution is 6.32. The van der Waals surface area contributed by atoms with Crippen molar-refractivity contribution < 1.29 is 19.4 Å². The number of hydrogen-bond acceptors (Lipinski definition) is 4. The molecule has 34 heavy (non-hydrogen) atoms. The molecule has 0 saturated heterocycles. The molecule has 3 atom stereocenters. The quantitative estimate of drug-likeness (QED) is 0.159. The van der Waals surface area contributed by atoms with Crippen molar-refractivity contribution in [2.75, 3.05) is 7.11 Å². The van der Waals surface area contributed by atoms with Gasteiger partial charge in [0.05, 0.1) is 12.5 Å². The van der Waals surface area contributed by atoms with Gasteiger partial charge in [0.15, 0.2) is 11.6 Å². The number of Topliss-reactive ketones (excluding diaryl/α,β-unsaturated/α-hetero) is 1. The lowest BCUT2D eigenvalue weighted by Crippen LogP contribution is -2.44. The molecule has 0 aromatic heterocycles. The van der Waals surface area contributed by atoms with E-state index in [1.165, 1.54) is 13.2 Å². The Morgan fingerprint density at radius 1 is 1.00 bits per heavy atom. The molecule has 1 aromatic carbocycles. The highest BCUT2D eigenvalue weighted by Crippen LogP contribution is 2.50. The summed E-state index contributed by atoms with van der Waals surface area (Å²) in [6.45, 7) is 19.9. The number of benzene rings is 1. The Morgan fingerprint density at radius 3 is 1.91 bits per heavy atom. The van der Waals surface area contributed by atoms with Crippen molar-refractivity contribution in [3.8, 4) is 0 Å². The zero-order valence-corrected chi connectivity index (χ0v) is 20.6. The van der Waals surface area contributed by atoms with Crippen LogP contribution in [0.1, 0.15) is 45.1 Å². The van der Waals surface area contributed by atoms with Gasteiger partial charge in [0.2, 0.25) is 0 Å². The van der Waals surface area contributed by atoms with Crippen molar-refractivity contribution in [3.05, 3.63) is 103 Å². The minimum atomic E-state index is -1.18. The minimum absolute atomic E-state index is 0.0668. The van der Waals surface area contributed by atoms with E-state index in [4.69, 9.17) is 4.74 Å². The van der Waals surface area contributed by atoms with Crippen LogP contribution in [0.15, 0.2) is 97.4 Å². The fourth-order valence-corrected chi connectivity index (χ4v) is 4.64. The normalized spacial score (nSPS) is 21.2. The van der Waals surface area contributed by atoms with E-state index in [2.05, 4.69) is 26.3 Å². The molecule has 0 heterocycles. The first-order valence-corrected chi connectivity index (χ1v) is 11.5. The Labute approximate surface area is 203 Å². The molecule has 0 saturated carbocycles. The zero-order chi connectivity index (χ0) is 25.5. The molecule has 0 aliphatic heterocycles. The Morgan fingerprint density at radius 2 is 1.50 bits per heavy atom. The van der Waals surface area contributed by atoms with Gasteiger partial charge >= 0.3 is 0 Å². The second kappa shape index (κ2) is 11.6. The molecule has 0 radical (unpaired) electrons. The maximum atomic E-state index is 14.3. The van der Waals surface area contributed by atoms with Gasteiger partial charge in [-0.15, -0.1) is 13.2 Å². The highest BCUT2D eigenvalue weighted by atomic mass is 16.5. The summed E-state index contributed by atoms with van der Waals surface area (Å²) in [7, 11) is 1.47. The summed E-state index contributed by atoms with van der Waals surface area (Å²) in [5.41, 5.74) is 0.832. The number of ketones is 2. The molecule has 1 aliphatic rings. The Bertz CT molecular complexity index is 1010. The first-order chi connectivity index (χ1) is 16.1. The van der Waals surface area contributed by atoms with E-state index in [0.717, 1.165) is 11.1 Å². The lowest BCUT2D eigenvalue weighted by molar-refractivity contribution is -0.130. The van der Waals surface area contributed by atoms with E-state index < -0.39 is 17.0 Å². The average Bonchev–Trinajstić information content (AvgIpc) is 2.80. The van der Waals surface area contributed by atoms with Gasteiger partial charge in [-0.25, -0.2) is 0 Å². The molecule has 4 heteroatoms. The minimum Gasteiger partial charge on any atom is -0.506 e. The molecule has 0 fully saturated rings. The summed E-state index contributed by atoms with van der Waals surface area (Å²) >= 11 is 0. The van der Waals surface area contributed by atoms with Gasteiger partial charge in [0.25, 0.3) is 0 Å². The molecule has 2 rings (SSSR count). The van der Waals surface area contributed by atoms with Gasteiger partial charge in [0.1, 0.15) is 17.1 Å². The van der Waals surface area contributed by atoms with Crippen LogP contribution in [0.2, 0.25) is 0 Å². The zero-order valence-electron chi connectivity index (χ0n) is 20.6. The van der Waals surface area contributed by atoms with Crippen LogP contribution in [0.5, 0.6) is 0 Å². The van der Waals surface area contributed by atoms with Crippen LogP contribution in [0.25, 0.3) is 5.76 Å². The standard InChI is InChI=1S/C30H36O4/c1-8-13-23(20(3)4)18-30(19-24(14-9-2)21(5)6)26(34-7)17-25(31)27(29(30)33)28(32)22-15-11-10-12-16-22/h8-12,15-17,23-24,32H,1-3,5,13-14,18-19H2,4,6-7H3/b28-27-/t23-,24+,30?. The number of aliphatic hydroxyl groups is 1. The maximum absolute atomic E-state index is 14.3. The number of rotatable bonds is 12. The first-order valence-electron chi connectivity index (χ1n) is 11.5. The summed E-state index contributed by atoms with van der Waals surface area (Å²) in [4.78, 5) is 27.4. The largest absolute Gasteiger partial charge is 0.506 e. The molecule has 0 spiro atoms. The monoisotopic (exact) mass is 460 g/mol. The molecular weight excluding hydrogens is 424 g/mol. The maximum Gasteiger partial charge on any atom is 0.196 e. The molecule has 1 unspecified atom stereocenters. The van der Waals surface area contributed by atoms with Crippen LogP contribution in [-0.4, -0.2) is 23.8 Å². The lowest BCUT2D eigenvalue weighted by Gasteiger charge is -2.41. The molecule has 1 N–H and O–H groups in total. The van der Waals surface area contributed by atoms with Crippen molar-refractivity contribution in [2.24, 2.45) is 17.3 Å². The second-order valence-electron chi connectivity index (χ2n) is 9.12. The predicted octanol–water partition coefficient (Wildman–Crippen LogP) is 6.94. The second-order valence-corrected chi connectivity index (χ2v) is 9.12. The number of hydrogen-bond donors (Lipinski definition) is 1. The third kappa shape index (κ3) is 5.56. The fraction of sp³-hybridized carbons (Fsp3) is 0.333. The molecular formula is C30H36O4. The van der Waals surface area contributed by atoms with Crippen molar-refractivity contribution in [1.29, 1.82) is 0 Å². The van der Waals surface area contributed by atoms with Crippen LogP contribution in [-0.2, 0) is 14.3 Å².